The fourth-order valence-electron chi connectivity index (χ4n) is 1.91. The highest BCUT2D eigenvalue weighted by Crippen LogP contribution is 2.43. The molecule has 7 heteroatoms. The maximum absolute atomic E-state index is 14.5. The van der Waals surface area contributed by atoms with Crippen LogP contribution in [0.15, 0.2) is 18.2 Å². The topological polar surface area (TPSA) is 55.8 Å². The van der Waals surface area contributed by atoms with Crippen LogP contribution in [0.3, 0.4) is 0 Å². The maximum atomic E-state index is 14.5. The zero-order chi connectivity index (χ0) is 15.4. The van der Waals surface area contributed by atoms with E-state index in [9.17, 15) is 9.18 Å². The van der Waals surface area contributed by atoms with Gasteiger partial charge in [0.2, 0.25) is 0 Å². The Morgan fingerprint density at radius 2 is 2.00 bits per heavy atom. The summed E-state index contributed by atoms with van der Waals surface area (Å²) >= 11 is 1.07. The van der Waals surface area contributed by atoms with Gasteiger partial charge in [-0.3, -0.25) is 0 Å². The maximum Gasteiger partial charge on any atom is 0.345 e. The van der Waals surface area contributed by atoms with Crippen LogP contribution in [-0.4, -0.2) is 24.3 Å². The molecule has 1 aromatic heterocycles. The number of fused-ring (bicyclic) bond motifs is 1. The third-order valence-electron chi connectivity index (χ3n) is 2.77. The van der Waals surface area contributed by atoms with Gasteiger partial charge < -0.3 is 14.2 Å². The predicted octanol–water partition coefficient (Wildman–Crippen LogP) is 4.62. The molecule has 0 radical (unpaired) electrons. The average molecular weight is 330 g/mol. The lowest BCUT2D eigenvalue weighted by Gasteiger charge is -2.16. The van der Waals surface area contributed by atoms with E-state index in [2.05, 4.69) is 0 Å². The van der Waals surface area contributed by atoms with Crippen molar-refractivity contribution in [2.24, 2.45) is 0 Å². The zero-order valence-corrected chi connectivity index (χ0v) is 13.5. The largest absolute Gasteiger partial charge is 0.477 e. The molecule has 1 aromatic carbocycles. The number of carboxylic acid groups (broad SMARTS) is 1. The van der Waals surface area contributed by atoms with E-state index in [4.69, 9.17) is 14.2 Å². The highest BCUT2D eigenvalue weighted by molar-refractivity contribution is 7.46. The highest BCUT2D eigenvalue weighted by atomic mass is 32.1. The molecule has 0 atom stereocenters. The van der Waals surface area contributed by atoms with Gasteiger partial charge in [-0.1, -0.05) is 6.07 Å². The van der Waals surface area contributed by atoms with E-state index < -0.39 is 14.3 Å². The minimum atomic E-state index is -1.17. The van der Waals surface area contributed by atoms with Gasteiger partial charge in [0, 0.05) is 16.2 Å². The van der Waals surface area contributed by atoms with Gasteiger partial charge in [-0.15, -0.1) is 11.3 Å². The molecule has 4 nitrogen and oxygen atoms in total. The van der Waals surface area contributed by atoms with Crippen molar-refractivity contribution in [3.8, 4) is 0 Å². The Hall–Kier alpha value is -1.07. The lowest BCUT2D eigenvalue weighted by molar-refractivity contribution is 0.0702. The normalized spacial score (nSPS) is 11.4. The van der Waals surface area contributed by atoms with E-state index in [0.717, 1.165) is 11.3 Å². The Balaban J connectivity index is 2.31. The molecule has 0 aliphatic rings. The van der Waals surface area contributed by atoms with Crippen LogP contribution < -0.4 is 0 Å². The summed E-state index contributed by atoms with van der Waals surface area (Å²) in [6.45, 7) is 4.76. The predicted molar refractivity (Wildman–Crippen MR) is 82.6 cm³/mol. The monoisotopic (exact) mass is 330 g/mol. The van der Waals surface area contributed by atoms with E-state index >= 15 is 0 Å². The van der Waals surface area contributed by atoms with Gasteiger partial charge in [-0.25, -0.2) is 9.18 Å². The van der Waals surface area contributed by atoms with Gasteiger partial charge >= 0.3 is 5.97 Å². The summed E-state index contributed by atoms with van der Waals surface area (Å²) in [6, 6.07) is 4.80. The van der Waals surface area contributed by atoms with Crippen LogP contribution in [-0.2, 0) is 15.2 Å². The molecule has 0 aliphatic carbocycles. The van der Waals surface area contributed by atoms with Crippen molar-refractivity contribution < 1.29 is 23.3 Å². The summed E-state index contributed by atoms with van der Waals surface area (Å²) in [5, 5.41) is 9.33. The van der Waals surface area contributed by atoms with Crippen LogP contribution in [0, 0.1) is 5.82 Å². The molecule has 2 rings (SSSR count). The highest BCUT2D eigenvalue weighted by Gasteiger charge is 2.18. The number of rotatable bonds is 7. The second-order valence-electron chi connectivity index (χ2n) is 4.19. The molecule has 2 aromatic rings. The van der Waals surface area contributed by atoms with Crippen molar-refractivity contribution in [3.63, 3.8) is 0 Å². The van der Waals surface area contributed by atoms with E-state index in [0.29, 0.717) is 35.0 Å². The number of thiophene rings is 1. The van der Waals surface area contributed by atoms with Gasteiger partial charge in [0.25, 0.3) is 0 Å². The average Bonchev–Trinajstić information content (AvgIpc) is 2.87. The molecule has 21 heavy (non-hydrogen) atoms. The van der Waals surface area contributed by atoms with Crippen LogP contribution >= 0.6 is 19.7 Å². The summed E-state index contributed by atoms with van der Waals surface area (Å²) in [6.07, 6.45) is 0.358. The number of carbonyl (C=O) groups is 1. The summed E-state index contributed by atoms with van der Waals surface area (Å²) < 4.78 is 26.1. The molecule has 114 valence electrons. The van der Waals surface area contributed by atoms with Crippen molar-refractivity contribution in [1.29, 1.82) is 0 Å². The summed E-state index contributed by atoms with van der Waals surface area (Å²) in [4.78, 5) is 11.1. The second-order valence-corrected chi connectivity index (χ2v) is 6.77. The fourth-order valence-corrected chi connectivity index (χ4v) is 4.16. The molecular formula is C14H16FO4PS. The molecule has 1 heterocycles. The standard InChI is InChI=1S/C14H16FO4PS/c1-3-18-20(19-4-2)8-9-5-6-11-10(13(9)15)7-12(21-11)14(16)17/h5-7H,3-4,8H2,1-2H3,(H,16,17). The molecule has 0 saturated carbocycles. The smallest absolute Gasteiger partial charge is 0.345 e. The number of carboxylic acids is 1. The molecule has 0 aliphatic heterocycles. The number of hydrogen-bond donors (Lipinski definition) is 1. The zero-order valence-electron chi connectivity index (χ0n) is 11.8. The minimum absolute atomic E-state index is 0.137. The third-order valence-corrected chi connectivity index (χ3v) is 5.55. The Morgan fingerprint density at radius 1 is 1.33 bits per heavy atom. The lowest BCUT2D eigenvalue weighted by Crippen LogP contribution is -1.96. The molecule has 0 unspecified atom stereocenters. The quantitative estimate of drug-likeness (QED) is 0.752. The first kappa shape index (κ1) is 16.3. The van der Waals surface area contributed by atoms with Crippen LogP contribution in [0.1, 0.15) is 29.1 Å². The lowest BCUT2D eigenvalue weighted by atomic mass is 10.1. The Morgan fingerprint density at radius 3 is 2.57 bits per heavy atom. The van der Waals surface area contributed by atoms with E-state index in [1.807, 2.05) is 13.8 Å². The van der Waals surface area contributed by atoms with Crippen LogP contribution in [0.5, 0.6) is 0 Å². The van der Waals surface area contributed by atoms with E-state index in [1.165, 1.54) is 6.07 Å². The Labute approximate surface area is 127 Å². The molecular weight excluding hydrogens is 314 g/mol. The van der Waals surface area contributed by atoms with Crippen molar-refractivity contribution in [1.82, 2.24) is 0 Å². The molecule has 0 saturated heterocycles. The van der Waals surface area contributed by atoms with Gasteiger partial charge in [0.05, 0.1) is 13.2 Å². The van der Waals surface area contributed by atoms with Crippen molar-refractivity contribution in [2.45, 2.75) is 20.0 Å². The first-order valence-electron chi connectivity index (χ1n) is 6.54. The van der Waals surface area contributed by atoms with E-state index in [1.54, 1.807) is 12.1 Å². The number of aromatic carboxylic acids is 1. The minimum Gasteiger partial charge on any atom is -0.477 e. The van der Waals surface area contributed by atoms with Gasteiger partial charge in [-0.05, 0) is 31.5 Å². The first-order valence-corrected chi connectivity index (χ1v) is 8.72. The Bertz CT molecular complexity index is 637. The fraction of sp³-hybridized carbons (Fsp3) is 0.357. The van der Waals surface area contributed by atoms with Crippen molar-refractivity contribution >= 4 is 35.8 Å². The summed E-state index contributed by atoms with van der Waals surface area (Å²) in [7, 11) is -1.17. The third kappa shape index (κ3) is 3.77. The van der Waals surface area contributed by atoms with Crippen LogP contribution in [0.2, 0.25) is 0 Å². The van der Waals surface area contributed by atoms with Crippen molar-refractivity contribution in [2.75, 3.05) is 13.2 Å². The molecule has 0 bridgehead atoms. The van der Waals surface area contributed by atoms with Crippen molar-refractivity contribution in [3.05, 3.63) is 34.5 Å². The number of halogens is 1. The molecule has 1 N–H and O–H groups in total. The van der Waals surface area contributed by atoms with Gasteiger partial charge in [0.15, 0.2) is 8.38 Å². The number of benzene rings is 1. The van der Waals surface area contributed by atoms with Crippen LogP contribution in [0.4, 0.5) is 4.39 Å². The molecule has 0 amide bonds. The Kier molecular flexibility index (Phi) is 5.65. The number of hydrogen-bond acceptors (Lipinski definition) is 4. The summed E-state index contributed by atoms with van der Waals surface area (Å²) in [5.74, 6) is -1.42. The SMILES string of the molecule is CCOP(Cc1ccc2sc(C(=O)O)cc2c1F)OCC. The summed E-state index contributed by atoms with van der Waals surface area (Å²) in [5.41, 5.74) is 0.491. The second kappa shape index (κ2) is 7.27. The van der Waals surface area contributed by atoms with Crippen LogP contribution in [0.25, 0.3) is 10.1 Å². The van der Waals surface area contributed by atoms with Gasteiger partial charge in [-0.2, -0.15) is 0 Å². The van der Waals surface area contributed by atoms with Gasteiger partial charge in [0.1, 0.15) is 10.7 Å². The molecule has 0 fully saturated rings. The van der Waals surface area contributed by atoms with E-state index in [-0.39, 0.29) is 10.7 Å². The molecule has 0 spiro atoms. The first-order chi connectivity index (χ1) is 10.1.